The van der Waals surface area contributed by atoms with E-state index in [1.807, 2.05) is 6.07 Å². The molecular weight excluding hydrogens is 257 g/mol. The van der Waals surface area contributed by atoms with Gasteiger partial charge in [-0.15, -0.1) is 12.4 Å². The molecule has 0 radical (unpaired) electrons. The van der Waals surface area contributed by atoms with Crippen molar-refractivity contribution in [2.24, 2.45) is 0 Å². The quantitative estimate of drug-likeness (QED) is 0.749. The second-order valence-corrected chi connectivity index (χ2v) is 3.37. The lowest BCUT2D eigenvalue weighted by molar-refractivity contribution is -0.114. The Labute approximate surface area is 89.7 Å². The summed E-state index contributed by atoms with van der Waals surface area (Å²) in [6.07, 6.45) is 1.68. The second-order valence-electron chi connectivity index (χ2n) is 2.45. The molecule has 0 saturated heterocycles. The molecule has 2 N–H and O–H groups in total. The number of anilines is 2. The smallest absolute Gasteiger partial charge is 0.243 e. The molecule has 1 aliphatic heterocycles. The third kappa shape index (κ3) is 2.10. The molecule has 13 heavy (non-hydrogen) atoms. The molecule has 1 aromatic rings. The fraction of sp³-hybridized carbons (Fsp3) is 0.143. The molecule has 2 rings (SSSR count). The number of amides is 1. The van der Waals surface area contributed by atoms with Gasteiger partial charge >= 0.3 is 0 Å². The zero-order valence-electron chi connectivity index (χ0n) is 6.50. The fourth-order valence-corrected chi connectivity index (χ4v) is 1.37. The van der Waals surface area contributed by atoms with E-state index in [1.54, 1.807) is 6.20 Å². The van der Waals surface area contributed by atoms with Crippen molar-refractivity contribution in [2.75, 3.05) is 17.2 Å². The van der Waals surface area contributed by atoms with E-state index in [4.69, 9.17) is 0 Å². The fourth-order valence-electron chi connectivity index (χ4n) is 1.03. The minimum Gasteiger partial charge on any atom is -0.359 e. The summed E-state index contributed by atoms with van der Waals surface area (Å²) in [4.78, 5) is 15.0. The van der Waals surface area contributed by atoms with Crippen LogP contribution in [0, 0.1) is 0 Å². The lowest BCUT2D eigenvalue weighted by Crippen LogP contribution is -2.27. The summed E-state index contributed by atoms with van der Waals surface area (Å²) in [5.41, 5.74) is 0.723. The van der Waals surface area contributed by atoms with Gasteiger partial charge in [0, 0.05) is 10.7 Å². The van der Waals surface area contributed by atoms with Crippen molar-refractivity contribution in [3.05, 3.63) is 16.7 Å². The number of nitrogens with one attached hydrogen (secondary N) is 2. The summed E-state index contributed by atoms with van der Waals surface area (Å²) in [6.45, 7) is 0.293. The van der Waals surface area contributed by atoms with Crippen LogP contribution >= 0.6 is 28.3 Å². The van der Waals surface area contributed by atoms with Gasteiger partial charge in [-0.2, -0.15) is 0 Å². The Morgan fingerprint density at radius 1 is 1.54 bits per heavy atom. The van der Waals surface area contributed by atoms with Crippen LogP contribution in [0.3, 0.4) is 0 Å². The van der Waals surface area contributed by atoms with Crippen LogP contribution in [0.1, 0.15) is 0 Å². The highest BCUT2D eigenvalue weighted by atomic mass is 79.9. The normalized spacial score (nSPS) is 13.5. The third-order valence-electron chi connectivity index (χ3n) is 1.54. The Kier molecular flexibility index (Phi) is 3.11. The minimum absolute atomic E-state index is 0. The molecule has 70 valence electrons. The number of aromatic nitrogens is 1. The Morgan fingerprint density at radius 2 is 2.31 bits per heavy atom. The molecule has 0 aliphatic carbocycles. The van der Waals surface area contributed by atoms with Gasteiger partial charge in [-0.25, -0.2) is 4.98 Å². The Morgan fingerprint density at radius 3 is 3.08 bits per heavy atom. The van der Waals surface area contributed by atoms with Crippen LogP contribution in [-0.2, 0) is 4.79 Å². The van der Waals surface area contributed by atoms with E-state index < -0.39 is 0 Å². The monoisotopic (exact) mass is 263 g/mol. The first-order chi connectivity index (χ1) is 5.75. The van der Waals surface area contributed by atoms with Crippen LogP contribution in [0.15, 0.2) is 16.7 Å². The maximum absolute atomic E-state index is 10.9. The van der Waals surface area contributed by atoms with Gasteiger partial charge in [-0.1, -0.05) is 0 Å². The molecule has 4 nitrogen and oxygen atoms in total. The first kappa shape index (κ1) is 10.3. The molecule has 1 aliphatic rings. The predicted octanol–water partition coefficient (Wildman–Crippen LogP) is 1.63. The van der Waals surface area contributed by atoms with Gasteiger partial charge in [-0.3, -0.25) is 4.79 Å². The molecule has 1 aromatic heterocycles. The predicted molar refractivity (Wildman–Crippen MR) is 56.3 cm³/mol. The standard InChI is InChI=1S/C7H6BrN3O.ClH/c8-4-1-5-7(9-2-4)10-3-6(12)11-5;/h1-2H,3H2,(H,9,10)(H,11,12);1H. The number of halogens is 2. The first-order valence-electron chi connectivity index (χ1n) is 3.45. The summed E-state index contributed by atoms with van der Waals surface area (Å²) in [6, 6.07) is 1.81. The molecule has 1 amide bonds. The highest BCUT2D eigenvalue weighted by molar-refractivity contribution is 9.10. The number of hydrogen-bond acceptors (Lipinski definition) is 3. The molecule has 0 spiro atoms. The molecule has 0 saturated carbocycles. The zero-order valence-corrected chi connectivity index (χ0v) is 8.91. The number of pyridine rings is 1. The van der Waals surface area contributed by atoms with E-state index in [2.05, 4.69) is 31.5 Å². The van der Waals surface area contributed by atoms with E-state index >= 15 is 0 Å². The number of nitrogens with zero attached hydrogens (tertiary/aromatic N) is 1. The van der Waals surface area contributed by atoms with Gasteiger partial charge in [0.05, 0.1) is 12.2 Å². The number of carbonyl (C=O) groups excluding carboxylic acids is 1. The van der Waals surface area contributed by atoms with Gasteiger partial charge in [0.1, 0.15) is 5.82 Å². The average molecular weight is 265 g/mol. The molecule has 0 unspecified atom stereocenters. The van der Waals surface area contributed by atoms with Crippen LogP contribution in [0.25, 0.3) is 0 Å². The second kappa shape index (κ2) is 3.93. The Bertz CT molecular complexity index is 345. The SMILES string of the molecule is Cl.O=C1CNc2ncc(Br)cc2N1. The summed E-state index contributed by atoms with van der Waals surface area (Å²) >= 11 is 3.27. The number of rotatable bonds is 0. The lowest BCUT2D eigenvalue weighted by Gasteiger charge is -2.16. The molecule has 0 atom stereocenters. The summed E-state index contributed by atoms with van der Waals surface area (Å²) < 4.78 is 0.852. The van der Waals surface area contributed by atoms with Gasteiger partial charge in [0.2, 0.25) is 5.91 Å². The van der Waals surface area contributed by atoms with Crippen LogP contribution in [0.5, 0.6) is 0 Å². The van der Waals surface area contributed by atoms with E-state index in [0.29, 0.717) is 6.54 Å². The van der Waals surface area contributed by atoms with E-state index in [1.165, 1.54) is 0 Å². The molecule has 0 bridgehead atoms. The van der Waals surface area contributed by atoms with E-state index in [9.17, 15) is 4.79 Å². The molecule has 2 heterocycles. The van der Waals surface area contributed by atoms with Crippen molar-refractivity contribution in [2.45, 2.75) is 0 Å². The summed E-state index contributed by atoms with van der Waals surface area (Å²) in [7, 11) is 0. The largest absolute Gasteiger partial charge is 0.359 e. The maximum atomic E-state index is 10.9. The molecular formula is C7H7BrClN3O. The Hall–Kier alpha value is -0.810. The van der Waals surface area contributed by atoms with E-state index in [-0.39, 0.29) is 18.3 Å². The average Bonchev–Trinajstić information content (AvgIpc) is 2.03. The van der Waals surface area contributed by atoms with Crippen LogP contribution in [-0.4, -0.2) is 17.4 Å². The summed E-state index contributed by atoms with van der Waals surface area (Å²) in [5, 5.41) is 5.60. The first-order valence-corrected chi connectivity index (χ1v) is 4.24. The van der Waals surface area contributed by atoms with Crippen molar-refractivity contribution in [1.29, 1.82) is 0 Å². The molecule has 6 heteroatoms. The van der Waals surface area contributed by atoms with Gasteiger partial charge in [0.25, 0.3) is 0 Å². The Balaban J connectivity index is 0.000000845. The number of carbonyl (C=O) groups is 1. The van der Waals surface area contributed by atoms with Crippen molar-refractivity contribution in [3.8, 4) is 0 Å². The van der Waals surface area contributed by atoms with Crippen molar-refractivity contribution >= 4 is 45.7 Å². The molecule has 0 fully saturated rings. The van der Waals surface area contributed by atoms with Gasteiger partial charge in [-0.05, 0) is 22.0 Å². The third-order valence-corrected chi connectivity index (χ3v) is 1.98. The maximum Gasteiger partial charge on any atom is 0.243 e. The topological polar surface area (TPSA) is 54.0 Å². The minimum atomic E-state index is -0.0394. The van der Waals surface area contributed by atoms with E-state index in [0.717, 1.165) is 16.0 Å². The van der Waals surface area contributed by atoms with Crippen LogP contribution in [0.4, 0.5) is 11.5 Å². The zero-order chi connectivity index (χ0) is 8.55. The summed E-state index contributed by atoms with van der Waals surface area (Å²) in [5.74, 6) is 0.681. The van der Waals surface area contributed by atoms with Crippen molar-refractivity contribution in [3.63, 3.8) is 0 Å². The highest BCUT2D eigenvalue weighted by Crippen LogP contribution is 2.24. The van der Waals surface area contributed by atoms with Crippen LogP contribution in [0.2, 0.25) is 0 Å². The lowest BCUT2D eigenvalue weighted by atomic mass is 10.3. The number of hydrogen-bond donors (Lipinski definition) is 2. The highest BCUT2D eigenvalue weighted by Gasteiger charge is 2.14. The van der Waals surface area contributed by atoms with Crippen molar-refractivity contribution in [1.82, 2.24) is 4.98 Å². The van der Waals surface area contributed by atoms with Gasteiger partial charge in [0.15, 0.2) is 0 Å². The van der Waals surface area contributed by atoms with Crippen LogP contribution < -0.4 is 10.6 Å². The van der Waals surface area contributed by atoms with Gasteiger partial charge < -0.3 is 10.6 Å². The van der Waals surface area contributed by atoms with Crippen molar-refractivity contribution < 1.29 is 4.79 Å². The number of fused-ring (bicyclic) bond motifs is 1. The molecule has 0 aromatic carbocycles.